The molecule has 0 atom stereocenters. The number of hydrogen-bond acceptors (Lipinski definition) is 3. The lowest BCUT2D eigenvalue weighted by molar-refractivity contribution is 0.470. The zero-order valence-electron chi connectivity index (χ0n) is 5.70. The summed E-state index contributed by atoms with van der Waals surface area (Å²) in [7, 11) is 0. The Balaban J connectivity index is 2.41. The topological polar surface area (TPSA) is 47.1 Å². The number of nitrogens with zero attached hydrogens (tertiary/aromatic N) is 3. The van der Waals surface area contributed by atoms with E-state index in [0.29, 0.717) is 0 Å². The van der Waals surface area contributed by atoms with Gasteiger partial charge in [-0.2, -0.15) is 9.89 Å². The van der Waals surface area contributed by atoms with Crippen LogP contribution in [0.2, 0.25) is 0 Å². The Morgan fingerprint density at radius 1 is 1.60 bits per heavy atom. The fourth-order valence-electron chi connectivity index (χ4n) is 1.25. The SMILES string of the molecule is NN1CCCc2ccnn21. The summed E-state index contributed by atoms with van der Waals surface area (Å²) >= 11 is 0. The van der Waals surface area contributed by atoms with Crippen molar-refractivity contribution in [3.63, 3.8) is 0 Å². The highest BCUT2D eigenvalue weighted by molar-refractivity contribution is 5.06. The number of aromatic nitrogens is 2. The molecule has 1 aromatic heterocycles. The molecule has 4 nitrogen and oxygen atoms in total. The first kappa shape index (κ1) is 5.73. The lowest BCUT2D eigenvalue weighted by Crippen LogP contribution is -2.46. The zero-order valence-corrected chi connectivity index (χ0v) is 5.70. The molecule has 10 heavy (non-hydrogen) atoms. The second kappa shape index (κ2) is 1.98. The van der Waals surface area contributed by atoms with Crippen LogP contribution in [-0.2, 0) is 6.42 Å². The summed E-state index contributed by atoms with van der Waals surface area (Å²) in [5.74, 6) is 5.62. The second-order valence-corrected chi connectivity index (χ2v) is 2.48. The van der Waals surface area contributed by atoms with Crippen molar-refractivity contribution in [3.8, 4) is 0 Å². The zero-order chi connectivity index (χ0) is 6.97. The number of fused-ring (bicyclic) bond motifs is 1. The van der Waals surface area contributed by atoms with Crippen LogP contribution in [0.25, 0.3) is 0 Å². The molecule has 0 spiro atoms. The van der Waals surface area contributed by atoms with Gasteiger partial charge in [0.2, 0.25) is 0 Å². The molecule has 4 heteroatoms. The molecule has 0 fully saturated rings. The third kappa shape index (κ3) is 0.690. The van der Waals surface area contributed by atoms with Crippen LogP contribution in [0.5, 0.6) is 0 Å². The van der Waals surface area contributed by atoms with Gasteiger partial charge in [0, 0.05) is 0 Å². The van der Waals surface area contributed by atoms with Gasteiger partial charge in [-0.1, -0.05) is 0 Å². The minimum absolute atomic E-state index is 0.898. The Kier molecular flexibility index (Phi) is 1.14. The van der Waals surface area contributed by atoms with Crippen LogP contribution in [0.4, 0.5) is 0 Å². The molecule has 1 aliphatic heterocycles. The van der Waals surface area contributed by atoms with Crippen LogP contribution in [0.3, 0.4) is 0 Å². The third-order valence-electron chi connectivity index (χ3n) is 1.76. The number of hydrogen-bond donors (Lipinski definition) is 1. The largest absolute Gasteiger partial charge is 0.232 e. The van der Waals surface area contributed by atoms with Gasteiger partial charge in [-0.3, -0.25) is 0 Å². The van der Waals surface area contributed by atoms with Gasteiger partial charge in [0.25, 0.3) is 0 Å². The molecule has 2 N–H and O–H groups in total. The summed E-state index contributed by atoms with van der Waals surface area (Å²) in [6.45, 7) is 0.898. The van der Waals surface area contributed by atoms with E-state index in [1.165, 1.54) is 5.69 Å². The molecule has 0 aromatic carbocycles. The van der Waals surface area contributed by atoms with Gasteiger partial charge < -0.3 is 0 Å². The molecule has 0 aliphatic carbocycles. The number of hydrazine groups is 1. The molecule has 0 bridgehead atoms. The highest BCUT2D eigenvalue weighted by atomic mass is 15.8. The van der Waals surface area contributed by atoms with Crippen molar-refractivity contribution in [1.29, 1.82) is 0 Å². The molecule has 1 aliphatic rings. The highest BCUT2D eigenvalue weighted by Gasteiger charge is 2.12. The quantitative estimate of drug-likeness (QED) is 0.498. The maximum absolute atomic E-state index is 5.62. The monoisotopic (exact) mass is 138 g/mol. The average molecular weight is 138 g/mol. The summed E-state index contributed by atoms with van der Waals surface area (Å²) in [6.07, 6.45) is 4.00. The molecular formula is C6H10N4. The normalized spacial score (nSPS) is 17.1. The summed E-state index contributed by atoms with van der Waals surface area (Å²) in [4.78, 5) is 1.75. The number of rotatable bonds is 0. The van der Waals surface area contributed by atoms with Crippen LogP contribution in [0.1, 0.15) is 12.1 Å². The summed E-state index contributed by atoms with van der Waals surface area (Å²) in [5, 5.41) is 5.69. The first-order valence-electron chi connectivity index (χ1n) is 3.43. The fraction of sp³-hybridized carbons (Fsp3) is 0.500. The lowest BCUT2D eigenvalue weighted by Gasteiger charge is -2.24. The smallest absolute Gasteiger partial charge is 0.0637 e. The maximum Gasteiger partial charge on any atom is 0.0637 e. The highest BCUT2D eigenvalue weighted by Crippen LogP contribution is 2.07. The number of aryl methyl sites for hydroxylation is 1. The molecule has 1 aromatic rings. The molecule has 0 saturated carbocycles. The molecule has 0 radical (unpaired) electrons. The van der Waals surface area contributed by atoms with Gasteiger partial charge in [-0.05, 0) is 18.9 Å². The molecule has 2 heterocycles. The van der Waals surface area contributed by atoms with E-state index in [2.05, 4.69) is 5.10 Å². The van der Waals surface area contributed by atoms with Gasteiger partial charge in [0.15, 0.2) is 0 Å². The standard InChI is InChI=1S/C6H10N4/c7-9-5-1-2-6-3-4-8-10(6)9/h3-4H,1-2,5,7H2. The van der Waals surface area contributed by atoms with E-state index >= 15 is 0 Å². The molecular weight excluding hydrogens is 128 g/mol. The third-order valence-corrected chi connectivity index (χ3v) is 1.76. The van der Waals surface area contributed by atoms with Crippen molar-refractivity contribution >= 4 is 0 Å². The van der Waals surface area contributed by atoms with Crippen molar-refractivity contribution in [1.82, 2.24) is 9.89 Å². The fourth-order valence-corrected chi connectivity index (χ4v) is 1.25. The van der Waals surface area contributed by atoms with Crippen LogP contribution < -0.4 is 11.0 Å². The summed E-state index contributed by atoms with van der Waals surface area (Å²) in [5.41, 5.74) is 1.20. The Labute approximate surface area is 59.2 Å². The van der Waals surface area contributed by atoms with Crippen LogP contribution in [-0.4, -0.2) is 16.4 Å². The van der Waals surface area contributed by atoms with E-state index in [1.807, 2.05) is 6.07 Å². The van der Waals surface area contributed by atoms with Crippen LogP contribution in [0, 0.1) is 0 Å². The van der Waals surface area contributed by atoms with E-state index in [1.54, 1.807) is 16.1 Å². The van der Waals surface area contributed by atoms with Crippen LogP contribution >= 0.6 is 0 Å². The predicted molar refractivity (Wildman–Crippen MR) is 37.8 cm³/mol. The summed E-state index contributed by atoms with van der Waals surface area (Å²) < 4.78 is 0. The van der Waals surface area contributed by atoms with Crippen molar-refractivity contribution in [2.45, 2.75) is 12.8 Å². The van der Waals surface area contributed by atoms with Gasteiger partial charge in [-0.25, -0.2) is 11.0 Å². The van der Waals surface area contributed by atoms with Crippen molar-refractivity contribution in [3.05, 3.63) is 18.0 Å². The maximum atomic E-state index is 5.62. The molecule has 0 saturated heterocycles. The number of nitrogens with two attached hydrogens (primary N) is 1. The van der Waals surface area contributed by atoms with E-state index in [0.717, 1.165) is 19.4 Å². The Morgan fingerprint density at radius 3 is 3.30 bits per heavy atom. The minimum atomic E-state index is 0.898. The van der Waals surface area contributed by atoms with Crippen molar-refractivity contribution < 1.29 is 0 Å². The van der Waals surface area contributed by atoms with E-state index in [9.17, 15) is 0 Å². The Hall–Kier alpha value is -1.03. The minimum Gasteiger partial charge on any atom is -0.232 e. The van der Waals surface area contributed by atoms with E-state index in [-0.39, 0.29) is 0 Å². The average Bonchev–Trinajstić information content (AvgIpc) is 2.36. The molecule has 54 valence electrons. The lowest BCUT2D eigenvalue weighted by atomic mass is 10.2. The van der Waals surface area contributed by atoms with Gasteiger partial charge in [0.05, 0.1) is 18.4 Å². The van der Waals surface area contributed by atoms with Gasteiger partial charge in [0.1, 0.15) is 0 Å². The van der Waals surface area contributed by atoms with E-state index < -0.39 is 0 Å². The Bertz CT molecular complexity index is 229. The van der Waals surface area contributed by atoms with Crippen LogP contribution in [0.15, 0.2) is 12.3 Å². The van der Waals surface area contributed by atoms with Gasteiger partial charge in [-0.15, -0.1) is 0 Å². The Morgan fingerprint density at radius 2 is 2.50 bits per heavy atom. The molecule has 0 unspecified atom stereocenters. The first-order chi connectivity index (χ1) is 4.88. The predicted octanol–water partition coefficient (Wildman–Crippen LogP) is -0.359. The molecule has 0 amide bonds. The van der Waals surface area contributed by atoms with Crippen molar-refractivity contribution in [2.75, 3.05) is 11.7 Å². The summed E-state index contributed by atoms with van der Waals surface area (Å²) in [6, 6.07) is 2.00. The molecule has 2 rings (SSSR count). The van der Waals surface area contributed by atoms with Gasteiger partial charge >= 0.3 is 0 Å². The first-order valence-corrected chi connectivity index (χ1v) is 3.43. The second-order valence-electron chi connectivity index (χ2n) is 2.48. The van der Waals surface area contributed by atoms with Crippen molar-refractivity contribution in [2.24, 2.45) is 5.84 Å². The van der Waals surface area contributed by atoms with E-state index in [4.69, 9.17) is 5.84 Å².